The van der Waals surface area contributed by atoms with E-state index in [0.29, 0.717) is 6.04 Å². The largest absolute Gasteiger partial charge is 0.497 e. The first-order valence-electron chi connectivity index (χ1n) is 6.53. The molecule has 0 aliphatic carbocycles. The first-order valence-corrected chi connectivity index (χ1v) is 7.30. The van der Waals surface area contributed by atoms with Crippen molar-refractivity contribution in [1.29, 1.82) is 0 Å². The molecule has 3 nitrogen and oxygen atoms in total. The van der Waals surface area contributed by atoms with Crippen molar-refractivity contribution in [3.8, 4) is 5.75 Å². The Bertz CT molecular complexity index is 355. The molecule has 1 heterocycles. The van der Waals surface area contributed by atoms with Crippen molar-refractivity contribution in [1.82, 2.24) is 4.31 Å². The molecule has 1 N–H and O–H groups in total. The van der Waals surface area contributed by atoms with Gasteiger partial charge in [0, 0.05) is 17.5 Å². The summed E-state index contributed by atoms with van der Waals surface area (Å²) >= 11 is 1.75. The normalized spacial score (nSPS) is 21.6. The summed E-state index contributed by atoms with van der Waals surface area (Å²) < 4.78 is 7.49. The Kier molecular flexibility index (Phi) is 5.35. The fourth-order valence-electron chi connectivity index (χ4n) is 2.23. The minimum Gasteiger partial charge on any atom is -0.497 e. The van der Waals surface area contributed by atoms with Crippen molar-refractivity contribution in [3.63, 3.8) is 0 Å². The summed E-state index contributed by atoms with van der Waals surface area (Å²) in [6.07, 6.45) is 4.82. The Morgan fingerprint density at radius 3 is 2.72 bits per heavy atom. The molecule has 2 rings (SSSR count). The number of hydrogen-bond acceptors (Lipinski definition) is 4. The first kappa shape index (κ1) is 13.7. The van der Waals surface area contributed by atoms with Crippen LogP contribution in [0.4, 0.5) is 0 Å². The highest BCUT2D eigenvalue weighted by Gasteiger charge is 2.21. The third-order valence-corrected chi connectivity index (χ3v) is 4.51. The van der Waals surface area contributed by atoms with Crippen LogP contribution in [0.1, 0.15) is 25.7 Å². The van der Waals surface area contributed by atoms with Crippen molar-refractivity contribution in [3.05, 3.63) is 24.3 Å². The summed E-state index contributed by atoms with van der Waals surface area (Å²) in [6, 6.07) is 8.40. The third-order valence-electron chi connectivity index (χ3n) is 3.32. The maximum atomic E-state index is 9.47. The molecular formula is C14H21NO2S. The quantitative estimate of drug-likeness (QED) is 0.850. The van der Waals surface area contributed by atoms with Crippen LogP contribution in [-0.4, -0.2) is 35.7 Å². The van der Waals surface area contributed by atoms with Gasteiger partial charge in [-0.2, -0.15) is 0 Å². The van der Waals surface area contributed by atoms with Gasteiger partial charge in [0.1, 0.15) is 5.75 Å². The van der Waals surface area contributed by atoms with E-state index < -0.39 is 0 Å². The standard InChI is InChI=1S/C14H21NO2S/c1-17-13-6-8-14(9-7-13)18-15-10-4-2-3-5-12(15)11-16/h6-9,12,16H,2-5,10-11H2,1H3. The van der Waals surface area contributed by atoms with Gasteiger partial charge in [-0.15, -0.1) is 0 Å². The molecule has 1 atom stereocenters. The third kappa shape index (κ3) is 3.64. The van der Waals surface area contributed by atoms with Crippen LogP contribution >= 0.6 is 11.9 Å². The van der Waals surface area contributed by atoms with E-state index in [9.17, 15) is 5.11 Å². The van der Waals surface area contributed by atoms with Gasteiger partial charge in [0.05, 0.1) is 13.7 Å². The van der Waals surface area contributed by atoms with Gasteiger partial charge < -0.3 is 9.84 Å². The molecule has 18 heavy (non-hydrogen) atoms. The number of hydrogen-bond donors (Lipinski definition) is 1. The second-order valence-electron chi connectivity index (χ2n) is 4.59. The Morgan fingerprint density at radius 1 is 1.28 bits per heavy atom. The molecule has 0 amide bonds. The summed E-state index contributed by atoms with van der Waals surface area (Å²) in [5.41, 5.74) is 0. The molecule has 1 aromatic carbocycles. The van der Waals surface area contributed by atoms with Gasteiger partial charge in [0.15, 0.2) is 0 Å². The van der Waals surface area contributed by atoms with Crippen molar-refractivity contribution in [2.24, 2.45) is 0 Å². The number of aliphatic hydroxyl groups excluding tert-OH is 1. The second kappa shape index (κ2) is 7.02. The Hall–Kier alpha value is -0.710. The number of ether oxygens (including phenoxy) is 1. The van der Waals surface area contributed by atoms with Crippen molar-refractivity contribution in [2.45, 2.75) is 36.6 Å². The van der Waals surface area contributed by atoms with E-state index in [0.717, 1.165) is 18.7 Å². The molecule has 1 aromatic rings. The maximum absolute atomic E-state index is 9.47. The van der Waals surface area contributed by atoms with E-state index in [-0.39, 0.29) is 6.61 Å². The van der Waals surface area contributed by atoms with E-state index in [1.807, 2.05) is 12.1 Å². The van der Waals surface area contributed by atoms with Gasteiger partial charge in [-0.1, -0.05) is 12.8 Å². The fourth-order valence-corrected chi connectivity index (χ4v) is 3.30. The monoisotopic (exact) mass is 267 g/mol. The highest BCUT2D eigenvalue weighted by Crippen LogP contribution is 2.30. The number of rotatable bonds is 4. The van der Waals surface area contributed by atoms with Crippen LogP contribution in [0.15, 0.2) is 29.2 Å². The zero-order chi connectivity index (χ0) is 12.8. The van der Waals surface area contributed by atoms with Crippen LogP contribution in [-0.2, 0) is 0 Å². The van der Waals surface area contributed by atoms with Gasteiger partial charge in [-0.25, -0.2) is 4.31 Å². The van der Waals surface area contributed by atoms with E-state index >= 15 is 0 Å². The predicted octanol–water partition coefficient (Wildman–Crippen LogP) is 2.94. The summed E-state index contributed by atoms with van der Waals surface area (Å²) in [7, 11) is 1.68. The zero-order valence-corrected chi connectivity index (χ0v) is 11.7. The van der Waals surface area contributed by atoms with Crippen molar-refractivity contribution in [2.75, 3.05) is 20.3 Å². The van der Waals surface area contributed by atoms with Crippen LogP contribution in [0.25, 0.3) is 0 Å². The van der Waals surface area contributed by atoms with Gasteiger partial charge in [-0.3, -0.25) is 0 Å². The summed E-state index contributed by atoms with van der Waals surface area (Å²) in [6.45, 7) is 1.31. The SMILES string of the molecule is COc1ccc(SN2CCCCCC2CO)cc1. The highest BCUT2D eigenvalue weighted by atomic mass is 32.2. The summed E-state index contributed by atoms with van der Waals surface area (Å²) in [5.74, 6) is 0.883. The molecule has 0 bridgehead atoms. The van der Waals surface area contributed by atoms with Crippen LogP contribution in [0.2, 0.25) is 0 Å². The molecule has 1 fully saturated rings. The Morgan fingerprint density at radius 2 is 2.06 bits per heavy atom. The Balaban J connectivity index is 2.00. The molecule has 1 unspecified atom stereocenters. The van der Waals surface area contributed by atoms with Gasteiger partial charge in [0.25, 0.3) is 0 Å². The molecule has 4 heteroatoms. The van der Waals surface area contributed by atoms with Crippen LogP contribution in [0.3, 0.4) is 0 Å². The molecule has 1 aliphatic heterocycles. The van der Waals surface area contributed by atoms with E-state index in [1.165, 1.54) is 24.2 Å². The fraction of sp³-hybridized carbons (Fsp3) is 0.571. The van der Waals surface area contributed by atoms with E-state index in [2.05, 4.69) is 16.4 Å². The molecule has 1 aliphatic rings. The van der Waals surface area contributed by atoms with Gasteiger partial charge in [-0.05, 0) is 49.1 Å². The average molecular weight is 267 g/mol. The molecule has 1 saturated heterocycles. The van der Waals surface area contributed by atoms with Crippen LogP contribution < -0.4 is 4.74 Å². The predicted molar refractivity (Wildman–Crippen MR) is 74.9 cm³/mol. The number of aliphatic hydroxyl groups is 1. The molecule has 0 aromatic heterocycles. The molecule has 0 spiro atoms. The smallest absolute Gasteiger partial charge is 0.118 e. The second-order valence-corrected chi connectivity index (χ2v) is 5.72. The number of nitrogens with zero attached hydrogens (tertiary/aromatic N) is 1. The molecular weight excluding hydrogens is 246 g/mol. The topological polar surface area (TPSA) is 32.7 Å². The maximum Gasteiger partial charge on any atom is 0.118 e. The van der Waals surface area contributed by atoms with E-state index in [1.54, 1.807) is 19.1 Å². The first-order chi connectivity index (χ1) is 8.83. The van der Waals surface area contributed by atoms with Gasteiger partial charge >= 0.3 is 0 Å². The Labute approximate surface area is 113 Å². The molecule has 100 valence electrons. The average Bonchev–Trinajstić information content (AvgIpc) is 2.64. The zero-order valence-electron chi connectivity index (χ0n) is 10.8. The summed E-state index contributed by atoms with van der Waals surface area (Å²) in [4.78, 5) is 1.20. The summed E-state index contributed by atoms with van der Waals surface area (Å²) in [5, 5.41) is 9.47. The van der Waals surface area contributed by atoms with Crippen molar-refractivity contribution < 1.29 is 9.84 Å². The highest BCUT2D eigenvalue weighted by molar-refractivity contribution is 7.97. The number of benzene rings is 1. The molecule has 0 radical (unpaired) electrons. The lowest BCUT2D eigenvalue weighted by atomic mass is 10.1. The van der Waals surface area contributed by atoms with E-state index in [4.69, 9.17) is 4.74 Å². The van der Waals surface area contributed by atoms with Gasteiger partial charge in [0.2, 0.25) is 0 Å². The van der Waals surface area contributed by atoms with Crippen LogP contribution in [0.5, 0.6) is 5.75 Å². The number of methoxy groups -OCH3 is 1. The lowest BCUT2D eigenvalue weighted by Gasteiger charge is -2.27. The molecule has 0 saturated carbocycles. The van der Waals surface area contributed by atoms with Crippen molar-refractivity contribution >= 4 is 11.9 Å². The minimum atomic E-state index is 0.253. The lowest BCUT2D eigenvalue weighted by molar-refractivity contribution is 0.195. The minimum absolute atomic E-state index is 0.253. The van der Waals surface area contributed by atoms with Crippen LogP contribution in [0, 0.1) is 0 Å². The lowest BCUT2D eigenvalue weighted by Crippen LogP contribution is -2.31.